The summed E-state index contributed by atoms with van der Waals surface area (Å²) in [5, 5.41) is 17.8. The standard InChI is InChI=1S/C12H14N4O4/c1-3-13-7-11-14-12(20-15-11)8-4-5-10(19-2)9(6-8)16(17)18/h4-6,13H,3,7H2,1-2H3. The first-order valence-corrected chi connectivity index (χ1v) is 6.01. The van der Waals surface area contributed by atoms with Gasteiger partial charge in [0.25, 0.3) is 5.89 Å². The number of nitro benzene ring substituents is 1. The zero-order valence-electron chi connectivity index (χ0n) is 11.1. The molecule has 8 heteroatoms. The molecule has 106 valence electrons. The molecule has 8 nitrogen and oxygen atoms in total. The lowest BCUT2D eigenvalue weighted by Gasteiger charge is -2.01. The molecule has 2 rings (SSSR count). The minimum absolute atomic E-state index is 0.142. The second kappa shape index (κ2) is 6.11. The van der Waals surface area contributed by atoms with E-state index in [0.717, 1.165) is 6.54 Å². The van der Waals surface area contributed by atoms with E-state index in [-0.39, 0.29) is 17.3 Å². The molecule has 0 bridgehead atoms. The summed E-state index contributed by atoms with van der Waals surface area (Å²) in [7, 11) is 1.38. The Bertz CT molecular complexity index is 611. The van der Waals surface area contributed by atoms with Crippen molar-refractivity contribution in [2.45, 2.75) is 13.5 Å². The summed E-state index contributed by atoms with van der Waals surface area (Å²) in [5.74, 6) is 0.926. The highest BCUT2D eigenvalue weighted by molar-refractivity contribution is 5.62. The van der Waals surface area contributed by atoms with Crippen LogP contribution in [0.2, 0.25) is 0 Å². The van der Waals surface area contributed by atoms with E-state index in [9.17, 15) is 10.1 Å². The van der Waals surface area contributed by atoms with Gasteiger partial charge in [-0.15, -0.1) is 0 Å². The van der Waals surface area contributed by atoms with Crippen LogP contribution in [0.15, 0.2) is 22.7 Å². The van der Waals surface area contributed by atoms with Crippen molar-refractivity contribution >= 4 is 5.69 Å². The number of benzene rings is 1. The summed E-state index contributed by atoms with van der Waals surface area (Å²) in [6.45, 7) is 3.24. The molecule has 0 aliphatic rings. The van der Waals surface area contributed by atoms with Crippen LogP contribution in [0, 0.1) is 10.1 Å². The Hall–Kier alpha value is -2.48. The first-order chi connectivity index (χ1) is 9.65. The zero-order chi connectivity index (χ0) is 14.5. The summed E-state index contributed by atoms with van der Waals surface area (Å²) < 4.78 is 10.0. The summed E-state index contributed by atoms with van der Waals surface area (Å²) >= 11 is 0. The third kappa shape index (κ3) is 2.91. The van der Waals surface area contributed by atoms with Crippen molar-refractivity contribution in [1.82, 2.24) is 15.5 Å². The number of aromatic nitrogens is 2. The van der Waals surface area contributed by atoms with Crippen molar-refractivity contribution in [2.75, 3.05) is 13.7 Å². The van der Waals surface area contributed by atoms with Crippen molar-refractivity contribution in [1.29, 1.82) is 0 Å². The Kier molecular flexibility index (Phi) is 4.26. The molecule has 0 saturated heterocycles. The minimum Gasteiger partial charge on any atom is -0.490 e. The van der Waals surface area contributed by atoms with Gasteiger partial charge in [0.2, 0.25) is 0 Å². The van der Waals surface area contributed by atoms with Crippen LogP contribution >= 0.6 is 0 Å². The number of nitrogens with zero attached hydrogens (tertiary/aromatic N) is 3. The average molecular weight is 278 g/mol. The molecule has 0 radical (unpaired) electrons. The Labute approximate surface area is 114 Å². The average Bonchev–Trinajstić information content (AvgIpc) is 2.93. The van der Waals surface area contributed by atoms with E-state index >= 15 is 0 Å². The fourth-order valence-electron chi connectivity index (χ4n) is 1.65. The predicted molar refractivity (Wildman–Crippen MR) is 70.3 cm³/mol. The van der Waals surface area contributed by atoms with Crippen LogP contribution in [-0.2, 0) is 6.54 Å². The molecular weight excluding hydrogens is 264 g/mol. The van der Waals surface area contributed by atoms with Crippen molar-refractivity contribution in [3.05, 3.63) is 34.1 Å². The van der Waals surface area contributed by atoms with E-state index in [1.807, 2.05) is 6.92 Å². The van der Waals surface area contributed by atoms with Crippen LogP contribution < -0.4 is 10.1 Å². The highest BCUT2D eigenvalue weighted by Gasteiger charge is 2.18. The third-order valence-electron chi connectivity index (χ3n) is 2.62. The van der Waals surface area contributed by atoms with Gasteiger partial charge >= 0.3 is 5.69 Å². The third-order valence-corrected chi connectivity index (χ3v) is 2.62. The summed E-state index contributed by atoms with van der Waals surface area (Å²) in [5.41, 5.74) is 0.337. The van der Waals surface area contributed by atoms with Gasteiger partial charge in [-0.1, -0.05) is 12.1 Å². The second-order valence-corrected chi connectivity index (χ2v) is 3.94. The maximum atomic E-state index is 11.0. The molecule has 2 aromatic rings. The number of nitrogens with one attached hydrogen (secondary N) is 1. The van der Waals surface area contributed by atoms with E-state index in [4.69, 9.17) is 9.26 Å². The molecule has 0 spiro atoms. The molecule has 0 aliphatic carbocycles. The number of hydrogen-bond acceptors (Lipinski definition) is 7. The molecule has 0 aliphatic heterocycles. The Balaban J connectivity index is 2.30. The van der Waals surface area contributed by atoms with Gasteiger partial charge < -0.3 is 14.6 Å². The van der Waals surface area contributed by atoms with Gasteiger partial charge in [0, 0.05) is 11.6 Å². The van der Waals surface area contributed by atoms with E-state index < -0.39 is 4.92 Å². The first kappa shape index (κ1) is 13.9. The molecule has 1 heterocycles. The Morgan fingerprint density at radius 3 is 2.95 bits per heavy atom. The van der Waals surface area contributed by atoms with Crippen molar-refractivity contribution in [2.24, 2.45) is 0 Å². The van der Waals surface area contributed by atoms with Crippen LogP contribution in [0.1, 0.15) is 12.7 Å². The lowest BCUT2D eigenvalue weighted by Crippen LogP contribution is -2.12. The highest BCUT2D eigenvalue weighted by Crippen LogP contribution is 2.31. The Morgan fingerprint density at radius 2 is 2.30 bits per heavy atom. The van der Waals surface area contributed by atoms with Gasteiger partial charge in [-0.3, -0.25) is 10.1 Å². The molecule has 1 N–H and O–H groups in total. The topological polar surface area (TPSA) is 103 Å². The first-order valence-electron chi connectivity index (χ1n) is 6.01. The van der Waals surface area contributed by atoms with Crippen molar-refractivity contribution < 1.29 is 14.2 Å². The molecule has 1 aromatic heterocycles. The fraction of sp³-hybridized carbons (Fsp3) is 0.333. The summed E-state index contributed by atoms with van der Waals surface area (Å²) in [6, 6.07) is 4.49. The molecule has 0 atom stereocenters. The Morgan fingerprint density at radius 1 is 1.50 bits per heavy atom. The van der Waals surface area contributed by atoms with Crippen LogP contribution in [0.5, 0.6) is 5.75 Å². The van der Waals surface area contributed by atoms with E-state index in [1.165, 1.54) is 19.2 Å². The van der Waals surface area contributed by atoms with E-state index in [2.05, 4.69) is 15.5 Å². The number of nitro groups is 1. The number of ether oxygens (including phenoxy) is 1. The molecular formula is C12H14N4O4. The van der Waals surface area contributed by atoms with Gasteiger partial charge in [0.1, 0.15) is 0 Å². The maximum absolute atomic E-state index is 11.0. The molecule has 0 fully saturated rings. The fourth-order valence-corrected chi connectivity index (χ4v) is 1.65. The lowest BCUT2D eigenvalue weighted by atomic mass is 10.2. The van der Waals surface area contributed by atoms with Gasteiger partial charge in [-0.2, -0.15) is 4.98 Å². The predicted octanol–water partition coefficient (Wildman–Crippen LogP) is 1.76. The smallest absolute Gasteiger partial charge is 0.311 e. The van der Waals surface area contributed by atoms with Crippen molar-refractivity contribution in [3.8, 4) is 17.2 Å². The molecule has 1 aromatic carbocycles. The van der Waals surface area contributed by atoms with Gasteiger partial charge in [0.15, 0.2) is 11.6 Å². The van der Waals surface area contributed by atoms with Crippen LogP contribution in [0.4, 0.5) is 5.69 Å². The number of hydrogen-bond donors (Lipinski definition) is 1. The SMILES string of the molecule is CCNCc1noc(-c2ccc(OC)c([N+](=O)[O-])c2)n1. The molecule has 0 amide bonds. The lowest BCUT2D eigenvalue weighted by molar-refractivity contribution is -0.385. The van der Waals surface area contributed by atoms with Crippen LogP contribution in [0.25, 0.3) is 11.5 Å². The van der Waals surface area contributed by atoms with Crippen molar-refractivity contribution in [3.63, 3.8) is 0 Å². The van der Waals surface area contributed by atoms with Gasteiger partial charge in [-0.05, 0) is 18.7 Å². The maximum Gasteiger partial charge on any atom is 0.311 e. The van der Waals surface area contributed by atoms with Crippen LogP contribution in [-0.4, -0.2) is 28.7 Å². The number of methoxy groups -OCH3 is 1. The molecule has 0 saturated carbocycles. The van der Waals surface area contributed by atoms with E-state index in [0.29, 0.717) is 17.9 Å². The molecule has 20 heavy (non-hydrogen) atoms. The quantitative estimate of drug-likeness (QED) is 0.634. The van der Waals surface area contributed by atoms with Gasteiger partial charge in [0.05, 0.1) is 18.6 Å². The van der Waals surface area contributed by atoms with E-state index in [1.54, 1.807) is 6.07 Å². The zero-order valence-corrected chi connectivity index (χ0v) is 11.1. The largest absolute Gasteiger partial charge is 0.490 e. The number of rotatable bonds is 6. The monoisotopic (exact) mass is 278 g/mol. The molecule has 0 unspecified atom stereocenters. The minimum atomic E-state index is -0.516. The van der Waals surface area contributed by atoms with Gasteiger partial charge in [-0.25, -0.2) is 0 Å². The normalized spacial score (nSPS) is 10.5. The second-order valence-electron chi connectivity index (χ2n) is 3.94. The summed E-state index contributed by atoms with van der Waals surface area (Å²) in [6.07, 6.45) is 0. The highest BCUT2D eigenvalue weighted by atomic mass is 16.6. The van der Waals surface area contributed by atoms with Crippen LogP contribution in [0.3, 0.4) is 0 Å². The summed E-state index contributed by atoms with van der Waals surface area (Å²) in [4.78, 5) is 14.6.